The lowest BCUT2D eigenvalue weighted by atomic mass is 10.1. The third kappa shape index (κ3) is 3.33. The van der Waals surface area contributed by atoms with E-state index < -0.39 is 0 Å². The van der Waals surface area contributed by atoms with Crippen LogP contribution in [0.1, 0.15) is 20.7 Å². The Morgan fingerprint density at radius 2 is 2.00 bits per heavy atom. The molecule has 2 amide bonds. The number of carbonyl (C=O) groups is 2. The van der Waals surface area contributed by atoms with Gasteiger partial charge in [0.2, 0.25) is 0 Å². The molecule has 0 aliphatic rings. The van der Waals surface area contributed by atoms with E-state index in [0.717, 1.165) is 0 Å². The van der Waals surface area contributed by atoms with Crippen molar-refractivity contribution in [3.05, 3.63) is 64.9 Å². The Hall–Kier alpha value is -2.40. The minimum absolute atomic E-state index is 0.227. The fourth-order valence-corrected chi connectivity index (χ4v) is 2.27. The Labute approximate surface area is 121 Å². The summed E-state index contributed by atoms with van der Waals surface area (Å²) >= 11 is 1.45. The zero-order valence-corrected chi connectivity index (χ0v) is 11.6. The molecule has 0 fully saturated rings. The fraction of sp³-hybridized carbons (Fsp3) is 0.0667. The first-order valence-corrected chi connectivity index (χ1v) is 6.98. The van der Waals surface area contributed by atoms with Crippen molar-refractivity contribution in [1.29, 1.82) is 0 Å². The summed E-state index contributed by atoms with van der Waals surface area (Å²) in [5.41, 5.74) is 1.50. The van der Waals surface area contributed by atoms with Crippen LogP contribution in [-0.2, 0) is 0 Å². The van der Waals surface area contributed by atoms with Crippen LogP contribution in [0.4, 0.5) is 5.69 Å². The van der Waals surface area contributed by atoms with Gasteiger partial charge in [0.15, 0.2) is 0 Å². The molecule has 0 atom stereocenters. The van der Waals surface area contributed by atoms with E-state index in [9.17, 15) is 9.59 Å². The standard InChI is InChI=1S/C15H14N2O2S/c1-2-8-16-15(19)12-5-3-4-6-13(12)17-14(18)11-7-9-20-10-11/h2-7,9-10H,1,8H2,(H,16,19)(H,17,18). The topological polar surface area (TPSA) is 58.2 Å². The van der Waals surface area contributed by atoms with E-state index in [1.165, 1.54) is 11.3 Å². The van der Waals surface area contributed by atoms with E-state index >= 15 is 0 Å². The molecular formula is C15H14N2O2S. The van der Waals surface area contributed by atoms with Crippen LogP contribution in [-0.4, -0.2) is 18.4 Å². The monoisotopic (exact) mass is 286 g/mol. The summed E-state index contributed by atoms with van der Waals surface area (Å²) in [7, 11) is 0. The molecule has 0 spiro atoms. The summed E-state index contributed by atoms with van der Waals surface area (Å²) in [6, 6.07) is 8.63. The van der Waals surface area contributed by atoms with E-state index in [1.807, 2.05) is 5.38 Å². The summed E-state index contributed by atoms with van der Waals surface area (Å²) in [6.45, 7) is 3.93. The van der Waals surface area contributed by atoms with Gasteiger partial charge in [0.05, 0.1) is 16.8 Å². The number of amides is 2. The molecule has 0 saturated heterocycles. The van der Waals surface area contributed by atoms with Crippen molar-refractivity contribution < 1.29 is 9.59 Å². The number of para-hydroxylation sites is 1. The Morgan fingerprint density at radius 3 is 2.70 bits per heavy atom. The van der Waals surface area contributed by atoms with Crippen LogP contribution in [0.15, 0.2) is 53.7 Å². The SMILES string of the molecule is C=CCNC(=O)c1ccccc1NC(=O)c1ccsc1. The van der Waals surface area contributed by atoms with Crippen LogP contribution in [0.5, 0.6) is 0 Å². The van der Waals surface area contributed by atoms with Crippen LogP contribution in [0.2, 0.25) is 0 Å². The fourth-order valence-electron chi connectivity index (χ4n) is 1.64. The van der Waals surface area contributed by atoms with Crippen LogP contribution in [0.3, 0.4) is 0 Å². The number of hydrogen-bond acceptors (Lipinski definition) is 3. The van der Waals surface area contributed by atoms with Gasteiger partial charge in [0.1, 0.15) is 0 Å². The molecule has 5 heteroatoms. The Balaban J connectivity index is 2.17. The van der Waals surface area contributed by atoms with E-state index in [-0.39, 0.29) is 11.8 Å². The van der Waals surface area contributed by atoms with Crippen molar-refractivity contribution in [1.82, 2.24) is 5.32 Å². The predicted octanol–water partition coefficient (Wildman–Crippen LogP) is 2.92. The average Bonchev–Trinajstić information content (AvgIpc) is 2.99. The summed E-state index contributed by atoms with van der Waals surface area (Å²) in [5.74, 6) is -0.471. The number of benzene rings is 1. The summed E-state index contributed by atoms with van der Waals surface area (Å²) in [6.07, 6.45) is 1.60. The maximum atomic E-state index is 12.0. The van der Waals surface area contributed by atoms with Gasteiger partial charge in [0.25, 0.3) is 11.8 Å². The molecule has 0 bridgehead atoms. The molecule has 1 aromatic carbocycles. The highest BCUT2D eigenvalue weighted by atomic mass is 32.1. The molecule has 2 rings (SSSR count). The van der Waals surface area contributed by atoms with Crippen molar-refractivity contribution in [3.63, 3.8) is 0 Å². The summed E-state index contributed by atoms with van der Waals surface area (Å²) in [5, 5.41) is 9.03. The lowest BCUT2D eigenvalue weighted by molar-refractivity contribution is 0.0959. The second-order valence-corrected chi connectivity index (χ2v) is 4.79. The zero-order chi connectivity index (χ0) is 14.4. The lowest BCUT2D eigenvalue weighted by Crippen LogP contribution is -2.25. The second kappa shape index (κ2) is 6.68. The molecule has 2 N–H and O–H groups in total. The van der Waals surface area contributed by atoms with Gasteiger partial charge in [-0.25, -0.2) is 0 Å². The zero-order valence-electron chi connectivity index (χ0n) is 10.8. The van der Waals surface area contributed by atoms with Gasteiger partial charge in [-0.3, -0.25) is 9.59 Å². The highest BCUT2D eigenvalue weighted by molar-refractivity contribution is 7.08. The Kier molecular flexibility index (Phi) is 4.68. The minimum atomic E-state index is -0.244. The number of nitrogens with one attached hydrogen (secondary N) is 2. The van der Waals surface area contributed by atoms with Gasteiger partial charge < -0.3 is 10.6 Å². The van der Waals surface area contributed by atoms with Gasteiger partial charge in [-0.2, -0.15) is 11.3 Å². The van der Waals surface area contributed by atoms with Crippen molar-refractivity contribution in [2.24, 2.45) is 0 Å². The number of anilines is 1. The quantitative estimate of drug-likeness (QED) is 0.830. The van der Waals surface area contributed by atoms with Gasteiger partial charge in [-0.15, -0.1) is 6.58 Å². The van der Waals surface area contributed by atoms with E-state index in [0.29, 0.717) is 23.4 Å². The average molecular weight is 286 g/mol. The number of rotatable bonds is 5. The molecule has 2 aromatic rings. The minimum Gasteiger partial charge on any atom is -0.349 e. The van der Waals surface area contributed by atoms with E-state index in [2.05, 4.69) is 17.2 Å². The van der Waals surface area contributed by atoms with Crippen LogP contribution < -0.4 is 10.6 Å². The largest absolute Gasteiger partial charge is 0.349 e. The van der Waals surface area contributed by atoms with Gasteiger partial charge in [0, 0.05) is 11.9 Å². The highest BCUT2D eigenvalue weighted by Crippen LogP contribution is 2.17. The molecule has 102 valence electrons. The number of carbonyl (C=O) groups excluding carboxylic acids is 2. The van der Waals surface area contributed by atoms with E-state index in [4.69, 9.17) is 0 Å². The van der Waals surface area contributed by atoms with E-state index in [1.54, 1.807) is 41.8 Å². The van der Waals surface area contributed by atoms with Gasteiger partial charge in [-0.05, 0) is 23.6 Å². The van der Waals surface area contributed by atoms with Gasteiger partial charge in [-0.1, -0.05) is 18.2 Å². The number of hydrogen-bond donors (Lipinski definition) is 2. The van der Waals surface area contributed by atoms with Crippen LogP contribution >= 0.6 is 11.3 Å². The molecule has 0 unspecified atom stereocenters. The number of thiophene rings is 1. The van der Waals surface area contributed by atoms with Crippen molar-refractivity contribution in [2.45, 2.75) is 0 Å². The molecule has 0 aliphatic carbocycles. The van der Waals surface area contributed by atoms with Crippen molar-refractivity contribution >= 4 is 28.8 Å². The van der Waals surface area contributed by atoms with Crippen molar-refractivity contribution in [3.8, 4) is 0 Å². The highest BCUT2D eigenvalue weighted by Gasteiger charge is 2.13. The lowest BCUT2D eigenvalue weighted by Gasteiger charge is -2.10. The third-order valence-corrected chi connectivity index (χ3v) is 3.29. The molecule has 0 radical (unpaired) electrons. The summed E-state index contributed by atoms with van der Waals surface area (Å²) < 4.78 is 0. The summed E-state index contributed by atoms with van der Waals surface area (Å²) in [4.78, 5) is 24.0. The molecule has 0 aliphatic heterocycles. The smallest absolute Gasteiger partial charge is 0.256 e. The van der Waals surface area contributed by atoms with Crippen molar-refractivity contribution in [2.75, 3.05) is 11.9 Å². The molecule has 1 heterocycles. The molecule has 1 aromatic heterocycles. The maximum absolute atomic E-state index is 12.0. The first kappa shape index (κ1) is 14.0. The first-order valence-electron chi connectivity index (χ1n) is 6.04. The van der Waals surface area contributed by atoms with Crippen LogP contribution in [0, 0.1) is 0 Å². The van der Waals surface area contributed by atoms with Crippen LogP contribution in [0.25, 0.3) is 0 Å². The third-order valence-electron chi connectivity index (χ3n) is 2.61. The molecular weight excluding hydrogens is 272 g/mol. The van der Waals surface area contributed by atoms with Gasteiger partial charge >= 0.3 is 0 Å². The Bertz CT molecular complexity index is 621. The molecule has 0 saturated carbocycles. The normalized spacial score (nSPS) is 9.80. The predicted molar refractivity (Wildman–Crippen MR) is 81.2 cm³/mol. The second-order valence-electron chi connectivity index (χ2n) is 4.01. The molecule has 20 heavy (non-hydrogen) atoms. The Morgan fingerprint density at radius 1 is 1.20 bits per heavy atom. The molecule has 4 nitrogen and oxygen atoms in total. The first-order chi connectivity index (χ1) is 9.72. The maximum Gasteiger partial charge on any atom is 0.256 e.